The second-order valence-corrected chi connectivity index (χ2v) is 8.76. The lowest BCUT2D eigenvalue weighted by Crippen LogP contribution is -2.56. The first kappa shape index (κ1) is 21.3. The van der Waals surface area contributed by atoms with E-state index in [0.29, 0.717) is 19.6 Å². The lowest BCUT2D eigenvalue weighted by Gasteiger charge is -2.45. The summed E-state index contributed by atoms with van der Waals surface area (Å²) in [5.74, 6) is -0.451. The van der Waals surface area contributed by atoms with E-state index in [-0.39, 0.29) is 42.0 Å². The first-order valence-corrected chi connectivity index (χ1v) is 10.5. The average Bonchev–Trinajstić information content (AvgIpc) is 3.39. The SMILES string of the molecule is C[C@H]1[C@H](O)[C@@H](O)[C@H]2CNC[C@@H]2[C@H]1C(=O)N1CCc2[nH]nc(-c3ccccc3)c2C1.Cl. The first-order valence-electron chi connectivity index (χ1n) is 10.5. The molecule has 6 atom stereocenters. The van der Waals surface area contributed by atoms with Crippen LogP contribution in [-0.4, -0.2) is 63.1 Å². The van der Waals surface area contributed by atoms with Crippen molar-refractivity contribution in [2.45, 2.75) is 32.1 Å². The Hall–Kier alpha value is -1.93. The number of carbonyl (C=O) groups excluding carboxylic acids is 1. The Morgan fingerprint density at radius 3 is 2.63 bits per heavy atom. The minimum absolute atomic E-state index is 0. The number of fused-ring (bicyclic) bond motifs is 2. The maximum atomic E-state index is 13.6. The fourth-order valence-electron chi connectivity index (χ4n) is 5.59. The van der Waals surface area contributed by atoms with Crippen LogP contribution in [0, 0.1) is 23.7 Å². The van der Waals surface area contributed by atoms with E-state index in [0.717, 1.165) is 35.5 Å². The van der Waals surface area contributed by atoms with E-state index in [4.69, 9.17) is 0 Å². The van der Waals surface area contributed by atoms with Crippen LogP contribution in [0.3, 0.4) is 0 Å². The maximum absolute atomic E-state index is 13.6. The fourth-order valence-corrected chi connectivity index (χ4v) is 5.59. The molecule has 1 saturated carbocycles. The molecule has 3 aliphatic rings. The van der Waals surface area contributed by atoms with Crippen molar-refractivity contribution >= 4 is 18.3 Å². The third kappa shape index (κ3) is 3.34. The van der Waals surface area contributed by atoms with Crippen LogP contribution in [0.1, 0.15) is 18.2 Å². The lowest BCUT2D eigenvalue weighted by molar-refractivity contribution is -0.156. The number of aromatic nitrogens is 2. The van der Waals surface area contributed by atoms with Crippen molar-refractivity contribution < 1.29 is 15.0 Å². The van der Waals surface area contributed by atoms with Gasteiger partial charge in [-0.1, -0.05) is 37.3 Å². The highest BCUT2D eigenvalue weighted by atomic mass is 35.5. The number of hydrogen-bond donors (Lipinski definition) is 4. The van der Waals surface area contributed by atoms with Gasteiger partial charge in [-0.3, -0.25) is 9.89 Å². The van der Waals surface area contributed by atoms with Crippen molar-refractivity contribution in [3.63, 3.8) is 0 Å². The van der Waals surface area contributed by atoms with E-state index in [1.165, 1.54) is 0 Å². The number of nitrogens with one attached hydrogen (secondary N) is 2. The number of nitrogens with zero attached hydrogens (tertiary/aromatic N) is 2. The third-order valence-corrected chi connectivity index (χ3v) is 7.24. The van der Waals surface area contributed by atoms with Crippen LogP contribution >= 0.6 is 12.4 Å². The maximum Gasteiger partial charge on any atom is 0.226 e. The number of rotatable bonds is 2. The molecule has 0 unspecified atom stereocenters. The van der Waals surface area contributed by atoms with E-state index in [1.54, 1.807) is 0 Å². The molecule has 1 aromatic heterocycles. The van der Waals surface area contributed by atoms with Gasteiger partial charge < -0.3 is 20.4 Å². The Kier molecular flexibility index (Phi) is 5.90. The molecule has 2 fully saturated rings. The van der Waals surface area contributed by atoms with Crippen LogP contribution in [0.15, 0.2) is 30.3 Å². The predicted octanol–water partition coefficient (Wildman–Crippen LogP) is 1.21. The van der Waals surface area contributed by atoms with Gasteiger partial charge in [-0.15, -0.1) is 12.4 Å². The Morgan fingerprint density at radius 1 is 1.13 bits per heavy atom. The van der Waals surface area contributed by atoms with Crippen LogP contribution < -0.4 is 5.32 Å². The number of aliphatic hydroxyl groups is 2. The number of carbonyl (C=O) groups is 1. The van der Waals surface area contributed by atoms with Crippen molar-refractivity contribution in [1.29, 1.82) is 0 Å². The Balaban J connectivity index is 0.00000218. The van der Waals surface area contributed by atoms with Gasteiger partial charge in [-0.2, -0.15) is 5.10 Å². The number of aliphatic hydroxyl groups excluding tert-OH is 2. The summed E-state index contributed by atoms with van der Waals surface area (Å²) in [7, 11) is 0. The number of amides is 1. The largest absolute Gasteiger partial charge is 0.390 e. The van der Waals surface area contributed by atoms with Crippen molar-refractivity contribution in [1.82, 2.24) is 20.4 Å². The minimum Gasteiger partial charge on any atom is -0.390 e. The topological polar surface area (TPSA) is 101 Å². The van der Waals surface area contributed by atoms with Gasteiger partial charge in [0, 0.05) is 54.7 Å². The molecular formula is C22H29ClN4O3. The summed E-state index contributed by atoms with van der Waals surface area (Å²) in [5.41, 5.74) is 4.14. The average molecular weight is 433 g/mol. The molecule has 1 aliphatic carbocycles. The van der Waals surface area contributed by atoms with E-state index < -0.39 is 12.2 Å². The van der Waals surface area contributed by atoms with Crippen molar-refractivity contribution in [2.75, 3.05) is 19.6 Å². The van der Waals surface area contributed by atoms with Crippen LogP contribution in [0.25, 0.3) is 11.3 Å². The molecule has 0 radical (unpaired) electrons. The van der Waals surface area contributed by atoms with E-state index in [9.17, 15) is 15.0 Å². The molecule has 7 nitrogen and oxygen atoms in total. The highest BCUT2D eigenvalue weighted by molar-refractivity contribution is 5.85. The zero-order chi connectivity index (χ0) is 20.1. The lowest BCUT2D eigenvalue weighted by atomic mass is 9.65. The normalized spacial score (nSPS) is 32.8. The van der Waals surface area contributed by atoms with Crippen LogP contribution in [0.4, 0.5) is 0 Å². The van der Waals surface area contributed by atoms with Crippen LogP contribution in [-0.2, 0) is 17.8 Å². The highest BCUT2D eigenvalue weighted by Crippen LogP contribution is 2.42. The first-order chi connectivity index (χ1) is 14.1. The van der Waals surface area contributed by atoms with Crippen molar-refractivity contribution in [3.05, 3.63) is 41.6 Å². The molecule has 3 heterocycles. The molecule has 2 aromatic rings. The number of H-pyrrole nitrogens is 1. The van der Waals surface area contributed by atoms with Gasteiger partial charge in [0.15, 0.2) is 0 Å². The molecule has 30 heavy (non-hydrogen) atoms. The molecule has 1 saturated heterocycles. The quantitative estimate of drug-likeness (QED) is 0.571. The van der Waals surface area contributed by atoms with Gasteiger partial charge in [-0.05, 0) is 18.4 Å². The molecule has 4 N–H and O–H groups in total. The van der Waals surface area contributed by atoms with E-state index >= 15 is 0 Å². The van der Waals surface area contributed by atoms with Crippen LogP contribution in [0.5, 0.6) is 0 Å². The van der Waals surface area contributed by atoms with Gasteiger partial charge in [-0.25, -0.2) is 0 Å². The molecular weight excluding hydrogens is 404 g/mol. The van der Waals surface area contributed by atoms with Gasteiger partial charge in [0.05, 0.1) is 17.9 Å². The Morgan fingerprint density at radius 2 is 1.87 bits per heavy atom. The van der Waals surface area contributed by atoms with Gasteiger partial charge in [0.1, 0.15) is 0 Å². The third-order valence-electron chi connectivity index (χ3n) is 7.24. The standard InChI is InChI=1S/C22H28N4O3.ClH/c1-12-18(14-9-23-10-15(14)21(28)20(12)27)22(29)26-8-7-17-16(11-26)19(25-24-17)13-5-3-2-4-6-13;/h2-6,12,14-15,18,20-21,23,27-28H,7-11H2,1H3,(H,24,25);1H/t12-,14+,15+,18+,20+,21+;/m1./s1. The predicted molar refractivity (Wildman–Crippen MR) is 115 cm³/mol. The molecule has 2 aliphatic heterocycles. The second-order valence-electron chi connectivity index (χ2n) is 8.76. The summed E-state index contributed by atoms with van der Waals surface area (Å²) >= 11 is 0. The fraction of sp³-hybridized carbons (Fsp3) is 0.545. The molecule has 8 heteroatoms. The smallest absolute Gasteiger partial charge is 0.226 e. The van der Waals surface area contributed by atoms with Gasteiger partial charge >= 0.3 is 0 Å². The number of benzene rings is 1. The summed E-state index contributed by atoms with van der Waals surface area (Å²) in [6, 6.07) is 10.0. The molecule has 1 amide bonds. The summed E-state index contributed by atoms with van der Waals surface area (Å²) in [6.07, 6.45) is -0.876. The van der Waals surface area contributed by atoms with Crippen LogP contribution in [0.2, 0.25) is 0 Å². The minimum atomic E-state index is -0.862. The summed E-state index contributed by atoms with van der Waals surface area (Å²) < 4.78 is 0. The zero-order valence-electron chi connectivity index (χ0n) is 17.0. The van der Waals surface area contributed by atoms with Gasteiger partial charge in [0.2, 0.25) is 5.91 Å². The highest BCUT2D eigenvalue weighted by Gasteiger charge is 2.53. The van der Waals surface area contributed by atoms with Crippen molar-refractivity contribution in [3.8, 4) is 11.3 Å². The number of halogens is 1. The molecule has 1 aromatic carbocycles. The summed E-state index contributed by atoms with van der Waals surface area (Å²) in [4.78, 5) is 15.5. The number of hydrogen-bond acceptors (Lipinski definition) is 5. The monoisotopic (exact) mass is 432 g/mol. The molecule has 162 valence electrons. The summed E-state index contributed by atoms with van der Waals surface area (Å²) in [6.45, 7) is 4.45. The summed E-state index contributed by atoms with van der Waals surface area (Å²) in [5, 5.41) is 32.0. The van der Waals surface area contributed by atoms with E-state index in [2.05, 4.69) is 15.5 Å². The second kappa shape index (κ2) is 8.30. The number of aromatic amines is 1. The van der Waals surface area contributed by atoms with Gasteiger partial charge in [0.25, 0.3) is 0 Å². The molecule has 0 spiro atoms. The van der Waals surface area contributed by atoms with E-state index in [1.807, 2.05) is 42.2 Å². The van der Waals surface area contributed by atoms with Crippen molar-refractivity contribution in [2.24, 2.45) is 23.7 Å². The molecule has 0 bridgehead atoms. The Bertz CT molecular complexity index is 905. The zero-order valence-corrected chi connectivity index (χ0v) is 17.8. The molecule has 5 rings (SSSR count). The Labute approximate surface area is 182 Å².